The molecule has 2 aromatic rings. The van der Waals surface area contributed by atoms with E-state index in [4.69, 9.17) is 11.6 Å². The van der Waals surface area contributed by atoms with E-state index in [2.05, 4.69) is 24.9 Å². The molecule has 110 valence electrons. The Kier molecular flexibility index (Phi) is 5.71. The van der Waals surface area contributed by atoms with E-state index in [9.17, 15) is 4.79 Å². The Balaban J connectivity index is 1.83. The van der Waals surface area contributed by atoms with Gasteiger partial charge in [0, 0.05) is 22.9 Å². The van der Waals surface area contributed by atoms with Crippen LogP contribution in [0.1, 0.15) is 30.4 Å². The zero-order chi connectivity index (χ0) is 15.2. The molecular weight excluding hydrogens is 302 g/mol. The Labute approximate surface area is 135 Å². The number of carbonyl (C=O) groups excluding carboxylic acids is 1. The zero-order valence-electron chi connectivity index (χ0n) is 11.8. The van der Waals surface area contributed by atoms with Gasteiger partial charge >= 0.3 is 0 Å². The van der Waals surface area contributed by atoms with E-state index in [1.54, 1.807) is 0 Å². The number of amides is 1. The second-order valence-electron chi connectivity index (χ2n) is 5.10. The zero-order valence-corrected chi connectivity index (χ0v) is 13.5. The predicted molar refractivity (Wildman–Crippen MR) is 90.0 cm³/mol. The standard InChI is InChI=1S/C17H18ClNOS/c1-12(14-4-8-16(21)9-5-14)10-17(20)19-11-13-2-6-15(18)7-3-13/h2-9,12,21H,10-11H2,1H3,(H,19,20)/t12-/m1/s1. The summed E-state index contributed by atoms with van der Waals surface area (Å²) in [5, 5.41) is 3.63. The number of nitrogens with one attached hydrogen (secondary N) is 1. The van der Waals surface area contributed by atoms with Crippen LogP contribution < -0.4 is 5.32 Å². The summed E-state index contributed by atoms with van der Waals surface area (Å²) in [5.74, 6) is 0.233. The number of hydrogen-bond donors (Lipinski definition) is 2. The molecule has 0 heterocycles. The van der Waals surface area contributed by atoms with Gasteiger partial charge in [0.05, 0.1) is 0 Å². The van der Waals surface area contributed by atoms with Crippen LogP contribution in [0.5, 0.6) is 0 Å². The van der Waals surface area contributed by atoms with Gasteiger partial charge in [0.2, 0.25) is 5.91 Å². The van der Waals surface area contributed by atoms with Crippen LogP contribution >= 0.6 is 24.2 Å². The van der Waals surface area contributed by atoms with E-state index in [1.807, 2.05) is 48.5 Å². The monoisotopic (exact) mass is 319 g/mol. The Bertz CT molecular complexity index is 595. The smallest absolute Gasteiger partial charge is 0.220 e. The SMILES string of the molecule is C[C@H](CC(=O)NCc1ccc(Cl)cc1)c1ccc(S)cc1. The van der Waals surface area contributed by atoms with Crippen molar-refractivity contribution in [2.75, 3.05) is 0 Å². The van der Waals surface area contributed by atoms with Gasteiger partial charge in [-0.05, 0) is 41.3 Å². The lowest BCUT2D eigenvalue weighted by molar-refractivity contribution is -0.121. The molecule has 0 fully saturated rings. The van der Waals surface area contributed by atoms with Crippen molar-refractivity contribution >= 4 is 30.1 Å². The van der Waals surface area contributed by atoms with E-state index in [-0.39, 0.29) is 11.8 Å². The van der Waals surface area contributed by atoms with Crippen LogP contribution in [0, 0.1) is 0 Å². The molecular formula is C17H18ClNOS. The maximum Gasteiger partial charge on any atom is 0.220 e. The van der Waals surface area contributed by atoms with E-state index in [0.29, 0.717) is 18.0 Å². The maximum absolute atomic E-state index is 12.0. The molecule has 0 unspecified atom stereocenters. The van der Waals surface area contributed by atoms with Crippen molar-refractivity contribution in [2.45, 2.75) is 30.7 Å². The highest BCUT2D eigenvalue weighted by molar-refractivity contribution is 7.80. The van der Waals surface area contributed by atoms with Crippen LogP contribution in [0.4, 0.5) is 0 Å². The minimum Gasteiger partial charge on any atom is -0.352 e. The fraction of sp³-hybridized carbons (Fsp3) is 0.235. The first-order chi connectivity index (χ1) is 10.0. The summed E-state index contributed by atoms with van der Waals surface area (Å²) in [4.78, 5) is 12.9. The highest BCUT2D eigenvalue weighted by Gasteiger charge is 2.11. The van der Waals surface area contributed by atoms with Crippen molar-refractivity contribution < 1.29 is 4.79 Å². The summed E-state index contributed by atoms with van der Waals surface area (Å²) < 4.78 is 0. The average molecular weight is 320 g/mol. The summed E-state index contributed by atoms with van der Waals surface area (Å²) >= 11 is 10.1. The molecule has 1 N–H and O–H groups in total. The van der Waals surface area contributed by atoms with Crippen molar-refractivity contribution in [3.8, 4) is 0 Å². The van der Waals surface area contributed by atoms with Crippen molar-refractivity contribution in [3.63, 3.8) is 0 Å². The molecule has 0 aliphatic rings. The van der Waals surface area contributed by atoms with Crippen LogP contribution in [0.3, 0.4) is 0 Å². The van der Waals surface area contributed by atoms with Gasteiger partial charge in [-0.2, -0.15) is 0 Å². The Morgan fingerprint density at radius 1 is 1.14 bits per heavy atom. The van der Waals surface area contributed by atoms with Gasteiger partial charge in [0.1, 0.15) is 0 Å². The fourth-order valence-electron chi connectivity index (χ4n) is 2.07. The normalized spacial score (nSPS) is 12.0. The van der Waals surface area contributed by atoms with Crippen LogP contribution in [-0.4, -0.2) is 5.91 Å². The first-order valence-corrected chi connectivity index (χ1v) is 7.67. The number of carbonyl (C=O) groups is 1. The summed E-state index contributed by atoms with van der Waals surface area (Å²) in [7, 11) is 0. The van der Waals surface area contributed by atoms with Gasteiger partial charge in [-0.3, -0.25) is 4.79 Å². The first kappa shape index (κ1) is 15.9. The lowest BCUT2D eigenvalue weighted by atomic mass is 9.97. The highest BCUT2D eigenvalue weighted by Crippen LogP contribution is 2.20. The van der Waals surface area contributed by atoms with Crippen LogP contribution in [0.25, 0.3) is 0 Å². The third-order valence-electron chi connectivity index (χ3n) is 3.36. The van der Waals surface area contributed by atoms with Crippen molar-refractivity contribution in [2.24, 2.45) is 0 Å². The molecule has 0 saturated heterocycles. The predicted octanol–water partition coefficient (Wildman–Crippen LogP) is 4.44. The van der Waals surface area contributed by atoms with Gasteiger partial charge in [-0.1, -0.05) is 42.8 Å². The molecule has 0 spiro atoms. The molecule has 0 aromatic heterocycles. The Morgan fingerprint density at radius 3 is 2.38 bits per heavy atom. The molecule has 2 rings (SSSR count). The van der Waals surface area contributed by atoms with E-state index in [0.717, 1.165) is 16.0 Å². The molecule has 4 heteroatoms. The maximum atomic E-state index is 12.0. The number of hydrogen-bond acceptors (Lipinski definition) is 2. The highest BCUT2D eigenvalue weighted by atomic mass is 35.5. The lowest BCUT2D eigenvalue weighted by Crippen LogP contribution is -2.24. The Hall–Kier alpha value is -1.45. The second kappa shape index (κ2) is 7.53. The van der Waals surface area contributed by atoms with Gasteiger partial charge < -0.3 is 5.32 Å². The third-order valence-corrected chi connectivity index (χ3v) is 3.91. The average Bonchev–Trinajstić information content (AvgIpc) is 2.47. The first-order valence-electron chi connectivity index (χ1n) is 6.84. The topological polar surface area (TPSA) is 29.1 Å². The third kappa shape index (κ3) is 5.10. The minimum absolute atomic E-state index is 0.0485. The van der Waals surface area contributed by atoms with Gasteiger partial charge in [-0.25, -0.2) is 0 Å². The molecule has 0 aliphatic carbocycles. The molecule has 0 bridgehead atoms. The molecule has 0 aliphatic heterocycles. The summed E-state index contributed by atoms with van der Waals surface area (Å²) in [6.07, 6.45) is 0.472. The molecule has 0 radical (unpaired) electrons. The summed E-state index contributed by atoms with van der Waals surface area (Å²) in [5.41, 5.74) is 2.19. The van der Waals surface area contributed by atoms with Gasteiger partial charge in [0.25, 0.3) is 0 Å². The number of thiol groups is 1. The van der Waals surface area contributed by atoms with Crippen LogP contribution in [0.2, 0.25) is 5.02 Å². The quantitative estimate of drug-likeness (QED) is 0.784. The molecule has 0 saturated carbocycles. The van der Waals surface area contributed by atoms with E-state index in [1.165, 1.54) is 0 Å². The summed E-state index contributed by atoms with van der Waals surface area (Å²) in [6.45, 7) is 2.58. The summed E-state index contributed by atoms with van der Waals surface area (Å²) in [6, 6.07) is 15.4. The van der Waals surface area contributed by atoms with Crippen molar-refractivity contribution in [3.05, 3.63) is 64.7 Å². The number of rotatable bonds is 5. The van der Waals surface area contributed by atoms with E-state index >= 15 is 0 Å². The van der Waals surface area contributed by atoms with Crippen molar-refractivity contribution in [1.82, 2.24) is 5.32 Å². The van der Waals surface area contributed by atoms with E-state index < -0.39 is 0 Å². The number of benzene rings is 2. The molecule has 1 atom stereocenters. The van der Waals surface area contributed by atoms with Gasteiger partial charge in [-0.15, -0.1) is 12.6 Å². The van der Waals surface area contributed by atoms with Gasteiger partial charge in [0.15, 0.2) is 0 Å². The van der Waals surface area contributed by atoms with Crippen LogP contribution in [-0.2, 0) is 11.3 Å². The molecule has 2 nitrogen and oxygen atoms in total. The van der Waals surface area contributed by atoms with Crippen molar-refractivity contribution in [1.29, 1.82) is 0 Å². The lowest BCUT2D eigenvalue weighted by Gasteiger charge is -2.12. The Morgan fingerprint density at radius 2 is 1.76 bits per heavy atom. The molecule has 2 aromatic carbocycles. The largest absolute Gasteiger partial charge is 0.352 e. The fourth-order valence-corrected chi connectivity index (χ4v) is 2.35. The molecule has 21 heavy (non-hydrogen) atoms. The second-order valence-corrected chi connectivity index (χ2v) is 6.05. The molecule has 1 amide bonds. The van der Waals surface area contributed by atoms with Crippen LogP contribution in [0.15, 0.2) is 53.4 Å². The minimum atomic E-state index is 0.0485. The number of halogens is 1.